The van der Waals surface area contributed by atoms with Gasteiger partial charge in [0.25, 0.3) is 0 Å². The summed E-state index contributed by atoms with van der Waals surface area (Å²) in [6.45, 7) is 4.08. The number of likely N-dealkylation sites (N-methyl/N-ethyl adjacent to an activating group) is 1. The van der Waals surface area contributed by atoms with E-state index >= 15 is 0 Å². The first-order valence-corrected chi connectivity index (χ1v) is 6.96. The van der Waals surface area contributed by atoms with Gasteiger partial charge >= 0.3 is 0 Å². The van der Waals surface area contributed by atoms with Crippen LogP contribution in [0.1, 0.15) is 37.8 Å². The number of nitrogens with zero attached hydrogens (tertiary/aromatic N) is 1. The quantitative estimate of drug-likeness (QED) is 0.893. The Labute approximate surface area is 113 Å². The average Bonchev–Trinajstić information content (AvgIpc) is 2.54. The van der Waals surface area contributed by atoms with Gasteiger partial charge in [0.15, 0.2) is 0 Å². The lowest BCUT2D eigenvalue weighted by Gasteiger charge is -2.33. The summed E-state index contributed by atoms with van der Waals surface area (Å²) in [5.41, 5.74) is 7.21. The first-order valence-electron chi connectivity index (χ1n) is 6.58. The number of nitrogens with two attached hydrogens (primary N) is 1. The van der Waals surface area contributed by atoms with Crippen molar-refractivity contribution in [3.05, 3.63) is 34.6 Å². The van der Waals surface area contributed by atoms with Crippen LogP contribution in [0.5, 0.6) is 0 Å². The predicted molar refractivity (Wildman–Crippen MR) is 73.2 cm³/mol. The zero-order valence-corrected chi connectivity index (χ0v) is 11.5. The maximum atomic E-state index is 13.6. The minimum atomic E-state index is -0.360. The van der Waals surface area contributed by atoms with Crippen molar-refractivity contribution in [2.75, 3.05) is 13.1 Å². The Morgan fingerprint density at radius 1 is 1.44 bits per heavy atom. The lowest BCUT2D eigenvalue weighted by molar-refractivity contribution is 0.195. The molecule has 2 unspecified atom stereocenters. The van der Waals surface area contributed by atoms with Crippen LogP contribution in [0.15, 0.2) is 18.2 Å². The monoisotopic (exact) mass is 270 g/mol. The maximum Gasteiger partial charge on any atom is 0.142 e. The summed E-state index contributed by atoms with van der Waals surface area (Å²) in [6.07, 6.45) is 3.30. The number of hydrogen-bond donors (Lipinski definition) is 1. The summed E-state index contributed by atoms with van der Waals surface area (Å²) in [4.78, 5) is 2.33. The van der Waals surface area contributed by atoms with Crippen molar-refractivity contribution in [3.8, 4) is 0 Å². The predicted octanol–water partition coefficient (Wildman–Crippen LogP) is 3.35. The van der Waals surface area contributed by atoms with E-state index in [1.54, 1.807) is 6.07 Å². The van der Waals surface area contributed by atoms with Crippen molar-refractivity contribution in [3.63, 3.8) is 0 Å². The van der Waals surface area contributed by atoms with Gasteiger partial charge in [-0.15, -0.1) is 0 Å². The second-order valence-corrected chi connectivity index (χ2v) is 5.31. The highest BCUT2D eigenvalue weighted by molar-refractivity contribution is 6.30. The third-order valence-corrected chi connectivity index (χ3v) is 4.03. The van der Waals surface area contributed by atoms with E-state index in [-0.39, 0.29) is 22.9 Å². The summed E-state index contributed by atoms with van der Waals surface area (Å²) in [7, 11) is 0. The average molecular weight is 271 g/mol. The normalized spacial score (nSPS) is 26.0. The van der Waals surface area contributed by atoms with Crippen LogP contribution < -0.4 is 5.73 Å². The number of benzene rings is 1. The summed E-state index contributed by atoms with van der Waals surface area (Å²) < 4.78 is 13.6. The van der Waals surface area contributed by atoms with Crippen LogP contribution in [-0.2, 0) is 0 Å². The number of hydrogen-bond acceptors (Lipinski definition) is 2. The van der Waals surface area contributed by atoms with Gasteiger partial charge in [0.05, 0.1) is 5.02 Å². The molecule has 1 heterocycles. The van der Waals surface area contributed by atoms with Gasteiger partial charge in [0.2, 0.25) is 0 Å². The van der Waals surface area contributed by atoms with Gasteiger partial charge in [-0.25, -0.2) is 4.39 Å². The molecule has 0 aromatic heterocycles. The van der Waals surface area contributed by atoms with Crippen LogP contribution >= 0.6 is 11.6 Å². The Hall–Kier alpha value is -0.640. The van der Waals surface area contributed by atoms with Crippen LogP contribution in [0.4, 0.5) is 4.39 Å². The first kappa shape index (κ1) is 13.8. The molecule has 1 aliphatic heterocycles. The van der Waals surface area contributed by atoms with Crippen molar-refractivity contribution in [1.29, 1.82) is 0 Å². The fourth-order valence-corrected chi connectivity index (χ4v) is 2.89. The van der Waals surface area contributed by atoms with Gasteiger partial charge in [-0.05, 0) is 43.6 Å². The standard InChI is InChI=1S/C14H20ClFN2/c1-2-18-8-4-3-5-13(17)14(18)10-6-7-11(15)12(16)9-10/h6-7,9,13-14H,2-5,8,17H2,1H3. The highest BCUT2D eigenvalue weighted by atomic mass is 35.5. The Bertz CT molecular complexity index is 411. The molecule has 1 fully saturated rings. The van der Waals surface area contributed by atoms with E-state index in [0.29, 0.717) is 0 Å². The van der Waals surface area contributed by atoms with Gasteiger partial charge in [-0.3, -0.25) is 4.90 Å². The number of likely N-dealkylation sites (tertiary alicyclic amines) is 1. The molecule has 1 aromatic rings. The highest BCUT2D eigenvalue weighted by Gasteiger charge is 2.28. The molecule has 0 saturated carbocycles. The van der Waals surface area contributed by atoms with Gasteiger partial charge < -0.3 is 5.73 Å². The van der Waals surface area contributed by atoms with Crippen molar-refractivity contribution >= 4 is 11.6 Å². The minimum Gasteiger partial charge on any atom is -0.326 e. The maximum absolute atomic E-state index is 13.6. The molecule has 2 N–H and O–H groups in total. The Kier molecular flexibility index (Phi) is 4.60. The summed E-state index contributed by atoms with van der Waals surface area (Å²) >= 11 is 5.74. The van der Waals surface area contributed by atoms with Crippen molar-refractivity contribution in [1.82, 2.24) is 4.90 Å². The highest BCUT2D eigenvalue weighted by Crippen LogP contribution is 2.30. The van der Waals surface area contributed by atoms with Crippen LogP contribution in [0.25, 0.3) is 0 Å². The van der Waals surface area contributed by atoms with E-state index in [0.717, 1.165) is 37.9 Å². The topological polar surface area (TPSA) is 29.3 Å². The molecule has 1 aliphatic rings. The van der Waals surface area contributed by atoms with Crippen LogP contribution in [-0.4, -0.2) is 24.0 Å². The largest absolute Gasteiger partial charge is 0.326 e. The molecule has 4 heteroatoms. The van der Waals surface area contributed by atoms with Crippen molar-refractivity contribution < 1.29 is 4.39 Å². The van der Waals surface area contributed by atoms with Gasteiger partial charge in [0, 0.05) is 12.1 Å². The number of rotatable bonds is 2. The third kappa shape index (κ3) is 2.85. The molecule has 2 atom stereocenters. The Balaban J connectivity index is 2.33. The smallest absolute Gasteiger partial charge is 0.142 e. The molecule has 1 saturated heterocycles. The molecular weight excluding hydrogens is 251 g/mol. The summed E-state index contributed by atoms with van der Waals surface area (Å²) in [5.74, 6) is -0.360. The molecule has 0 spiro atoms. The second-order valence-electron chi connectivity index (χ2n) is 4.91. The lowest BCUT2D eigenvalue weighted by atomic mass is 9.96. The van der Waals surface area contributed by atoms with Crippen molar-refractivity contribution in [2.45, 2.75) is 38.3 Å². The third-order valence-electron chi connectivity index (χ3n) is 3.72. The molecule has 2 nitrogen and oxygen atoms in total. The van der Waals surface area contributed by atoms with E-state index in [9.17, 15) is 4.39 Å². The van der Waals surface area contributed by atoms with Gasteiger partial charge in [0.1, 0.15) is 5.82 Å². The summed E-state index contributed by atoms with van der Waals surface area (Å²) in [5, 5.41) is 0.170. The minimum absolute atomic E-state index is 0.0630. The molecule has 0 aliphatic carbocycles. The van der Waals surface area contributed by atoms with E-state index in [2.05, 4.69) is 11.8 Å². The molecule has 100 valence electrons. The summed E-state index contributed by atoms with van der Waals surface area (Å²) in [6, 6.07) is 5.21. The van der Waals surface area contributed by atoms with Crippen LogP contribution in [0.3, 0.4) is 0 Å². The molecule has 0 amide bonds. The van der Waals surface area contributed by atoms with E-state index in [1.165, 1.54) is 6.07 Å². The molecule has 0 bridgehead atoms. The first-order chi connectivity index (χ1) is 8.63. The van der Waals surface area contributed by atoms with Gasteiger partial charge in [-0.2, -0.15) is 0 Å². The zero-order chi connectivity index (χ0) is 13.1. The van der Waals surface area contributed by atoms with Gasteiger partial charge in [-0.1, -0.05) is 31.0 Å². The van der Waals surface area contributed by atoms with Crippen LogP contribution in [0, 0.1) is 5.82 Å². The second kappa shape index (κ2) is 6.00. The Morgan fingerprint density at radius 3 is 2.89 bits per heavy atom. The lowest BCUT2D eigenvalue weighted by Crippen LogP contribution is -2.39. The fourth-order valence-electron chi connectivity index (χ4n) is 2.77. The molecule has 18 heavy (non-hydrogen) atoms. The van der Waals surface area contributed by atoms with Crippen LogP contribution in [0.2, 0.25) is 5.02 Å². The SMILES string of the molecule is CCN1CCCCC(N)C1c1ccc(Cl)c(F)c1. The molecule has 0 radical (unpaired) electrons. The molecule has 1 aromatic carbocycles. The Morgan fingerprint density at radius 2 is 2.22 bits per heavy atom. The number of halogens is 2. The molecular formula is C14H20ClFN2. The van der Waals surface area contributed by atoms with Crippen molar-refractivity contribution in [2.24, 2.45) is 5.73 Å². The van der Waals surface area contributed by atoms with E-state index in [1.807, 2.05) is 6.07 Å². The van der Waals surface area contributed by atoms with E-state index in [4.69, 9.17) is 17.3 Å². The fraction of sp³-hybridized carbons (Fsp3) is 0.571. The van der Waals surface area contributed by atoms with E-state index < -0.39 is 0 Å². The zero-order valence-electron chi connectivity index (χ0n) is 10.7. The molecule has 2 rings (SSSR count).